The summed E-state index contributed by atoms with van der Waals surface area (Å²) in [4.78, 5) is 0. The lowest BCUT2D eigenvalue weighted by Crippen LogP contribution is -2.47. The van der Waals surface area contributed by atoms with E-state index in [1.807, 2.05) is 6.92 Å². The van der Waals surface area contributed by atoms with E-state index in [-0.39, 0.29) is 18.0 Å². The van der Waals surface area contributed by atoms with E-state index in [0.29, 0.717) is 6.42 Å². The molecule has 0 aromatic heterocycles. The number of rotatable bonds is 5. The van der Waals surface area contributed by atoms with E-state index in [1.54, 1.807) is 0 Å². The van der Waals surface area contributed by atoms with E-state index in [4.69, 9.17) is 5.73 Å². The molecule has 1 rings (SSSR count). The predicted octanol–water partition coefficient (Wildman–Crippen LogP) is 1.22. The smallest absolute Gasteiger partial charge is 0.215 e. The molecule has 5 heteroatoms. The molecular formula is C11H24N2O2S. The van der Waals surface area contributed by atoms with Crippen LogP contribution in [0.1, 0.15) is 46.5 Å². The van der Waals surface area contributed by atoms with Crippen molar-refractivity contribution in [1.29, 1.82) is 0 Å². The lowest BCUT2D eigenvalue weighted by molar-refractivity contribution is 0.312. The first kappa shape index (κ1) is 13.9. The zero-order valence-corrected chi connectivity index (χ0v) is 11.3. The fourth-order valence-electron chi connectivity index (χ4n) is 2.35. The van der Waals surface area contributed by atoms with Gasteiger partial charge in [-0.15, -0.1) is 0 Å². The molecule has 0 heterocycles. The number of nitrogens with one attached hydrogen (secondary N) is 1. The molecule has 1 fully saturated rings. The molecule has 0 saturated heterocycles. The van der Waals surface area contributed by atoms with Crippen LogP contribution in [0.2, 0.25) is 0 Å². The monoisotopic (exact) mass is 248 g/mol. The average Bonchev–Trinajstić information content (AvgIpc) is 2.46. The van der Waals surface area contributed by atoms with Crippen molar-refractivity contribution in [3.8, 4) is 0 Å². The Bertz CT molecular complexity index is 321. The molecule has 0 bridgehead atoms. The fourth-order valence-corrected chi connectivity index (χ4v) is 4.07. The standard InChI is InChI=1S/C11H24N2O2S/c1-4-9(8-12)16(14,15)13-10-6-5-7-11(10,2)3/h9-10,13H,4-8,12H2,1-3H3. The van der Waals surface area contributed by atoms with Crippen LogP contribution in [0.15, 0.2) is 0 Å². The molecule has 0 aromatic carbocycles. The van der Waals surface area contributed by atoms with Gasteiger partial charge in [0.1, 0.15) is 0 Å². The number of sulfonamides is 1. The van der Waals surface area contributed by atoms with Crippen molar-refractivity contribution in [2.45, 2.75) is 57.7 Å². The molecule has 2 unspecified atom stereocenters. The summed E-state index contributed by atoms with van der Waals surface area (Å²) in [6.07, 6.45) is 3.69. The van der Waals surface area contributed by atoms with E-state index in [2.05, 4.69) is 18.6 Å². The third-order valence-electron chi connectivity index (χ3n) is 3.72. The SMILES string of the molecule is CCC(CN)S(=O)(=O)NC1CCCC1(C)C. The number of hydrogen-bond donors (Lipinski definition) is 2. The molecule has 1 aliphatic rings. The Morgan fingerprint density at radius 2 is 2.12 bits per heavy atom. The van der Waals surface area contributed by atoms with Gasteiger partial charge in [0.25, 0.3) is 0 Å². The summed E-state index contributed by atoms with van der Waals surface area (Å²) in [6.45, 7) is 6.29. The second-order valence-electron chi connectivity index (χ2n) is 5.36. The van der Waals surface area contributed by atoms with Gasteiger partial charge < -0.3 is 5.73 Å². The summed E-state index contributed by atoms with van der Waals surface area (Å²) in [6, 6.07) is 0.0677. The topological polar surface area (TPSA) is 72.2 Å². The lowest BCUT2D eigenvalue weighted by Gasteiger charge is -2.29. The molecule has 0 radical (unpaired) electrons. The largest absolute Gasteiger partial charge is 0.329 e. The molecule has 0 aliphatic heterocycles. The molecule has 3 N–H and O–H groups in total. The van der Waals surface area contributed by atoms with Crippen LogP contribution < -0.4 is 10.5 Å². The van der Waals surface area contributed by atoms with Crippen molar-refractivity contribution in [2.75, 3.05) is 6.54 Å². The van der Waals surface area contributed by atoms with Crippen molar-refractivity contribution in [2.24, 2.45) is 11.1 Å². The Morgan fingerprint density at radius 3 is 2.50 bits per heavy atom. The molecule has 1 saturated carbocycles. The van der Waals surface area contributed by atoms with Crippen LogP contribution in [0.5, 0.6) is 0 Å². The van der Waals surface area contributed by atoms with Crippen molar-refractivity contribution >= 4 is 10.0 Å². The zero-order valence-electron chi connectivity index (χ0n) is 10.5. The van der Waals surface area contributed by atoms with Crippen molar-refractivity contribution in [3.63, 3.8) is 0 Å². The Morgan fingerprint density at radius 1 is 1.50 bits per heavy atom. The highest BCUT2D eigenvalue weighted by Gasteiger charge is 2.38. The van der Waals surface area contributed by atoms with Crippen LogP contribution in [0.4, 0.5) is 0 Å². The highest BCUT2D eigenvalue weighted by atomic mass is 32.2. The van der Waals surface area contributed by atoms with E-state index >= 15 is 0 Å². The molecule has 2 atom stereocenters. The van der Waals surface area contributed by atoms with Gasteiger partial charge in [0.05, 0.1) is 5.25 Å². The van der Waals surface area contributed by atoms with E-state index in [0.717, 1.165) is 19.3 Å². The molecule has 1 aliphatic carbocycles. The predicted molar refractivity (Wildman–Crippen MR) is 66.6 cm³/mol. The van der Waals surface area contributed by atoms with Gasteiger partial charge in [0, 0.05) is 12.6 Å². The summed E-state index contributed by atoms with van der Waals surface area (Å²) < 4.78 is 26.9. The number of nitrogens with two attached hydrogens (primary N) is 1. The minimum atomic E-state index is -3.25. The molecule has 0 amide bonds. The number of hydrogen-bond acceptors (Lipinski definition) is 3. The Labute approximate surface area is 99.0 Å². The maximum absolute atomic E-state index is 12.0. The van der Waals surface area contributed by atoms with Crippen LogP contribution >= 0.6 is 0 Å². The van der Waals surface area contributed by atoms with Crippen LogP contribution in [0, 0.1) is 5.41 Å². The van der Waals surface area contributed by atoms with Gasteiger partial charge in [0.2, 0.25) is 10.0 Å². The lowest BCUT2D eigenvalue weighted by atomic mass is 9.88. The summed E-state index contributed by atoms with van der Waals surface area (Å²) in [5, 5.41) is -0.455. The van der Waals surface area contributed by atoms with Crippen LogP contribution in [-0.2, 0) is 10.0 Å². The first-order valence-corrected chi connectivity index (χ1v) is 7.59. The third-order valence-corrected chi connectivity index (χ3v) is 5.74. The van der Waals surface area contributed by atoms with E-state index in [9.17, 15) is 8.42 Å². The molecular weight excluding hydrogens is 224 g/mol. The van der Waals surface area contributed by atoms with Gasteiger partial charge in [-0.2, -0.15) is 0 Å². The summed E-state index contributed by atoms with van der Waals surface area (Å²) in [7, 11) is -3.25. The van der Waals surface area contributed by atoms with Gasteiger partial charge in [-0.25, -0.2) is 13.1 Å². The fraction of sp³-hybridized carbons (Fsp3) is 1.00. The minimum absolute atomic E-state index is 0.0677. The molecule has 16 heavy (non-hydrogen) atoms. The van der Waals surface area contributed by atoms with Gasteiger partial charge >= 0.3 is 0 Å². The van der Waals surface area contributed by atoms with E-state index < -0.39 is 15.3 Å². The van der Waals surface area contributed by atoms with Gasteiger partial charge in [-0.3, -0.25) is 0 Å². The maximum atomic E-state index is 12.0. The van der Waals surface area contributed by atoms with Crippen LogP contribution in [0.25, 0.3) is 0 Å². The maximum Gasteiger partial charge on any atom is 0.215 e. The molecule has 0 aromatic rings. The first-order valence-electron chi connectivity index (χ1n) is 6.04. The molecule has 96 valence electrons. The summed E-state index contributed by atoms with van der Waals surface area (Å²) in [5.41, 5.74) is 5.56. The third kappa shape index (κ3) is 2.96. The second kappa shape index (κ2) is 5.02. The Hall–Kier alpha value is -0.130. The Balaban J connectivity index is 2.73. The van der Waals surface area contributed by atoms with Crippen LogP contribution in [-0.4, -0.2) is 26.3 Å². The summed E-state index contributed by atoms with van der Waals surface area (Å²) >= 11 is 0. The Kier molecular flexibility index (Phi) is 4.37. The highest BCUT2D eigenvalue weighted by Crippen LogP contribution is 2.37. The average molecular weight is 248 g/mol. The van der Waals surface area contributed by atoms with Gasteiger partial charge in [0.15, 0.2) is 0 Å². The molecule has 4 nitrogen and oxygen atoms in total. The normalized spacial score (nSPS) is 26.9. The molecule has 0 spiro atoms. The van der Waals surface area contributed by atoms with Crippen molar-refractivity contribution < 1.29 is 8.42 Å². The van der Waals surface area contributed by atoms with E-state index in [1.165, 1.54) is 0 Å². The van der Waals surface area contributed by atoms with Crippen LogP contribution in [0.3, 0.4) is 0 Å². The van der Waals surface area contributed by atoms with Crippen molar-refractivity contribution in [3.05, 3.63) is 0 Å². The van der Waals surface area contributed by atoms with Gasteiger partial charge in [-0.05, 0) is 24.7 Å². The zero-order chi connectivity index (χ0) is 12.4. The van der Waals surface area contributed by atoms with Gasteiger partial charge in [-0.1, -0.05) is 27.2 Å². The summed E-state index contributed by atoms with van der Waals surface area (Å²) in [5.74, 6) is 0. The quantitative estimate of drug-likeness (QED) is 0.768. The first-order chi connectivity index (χ1) is 7.33. The minimum Gasteiger partial charge on any atom is -0.329 e. The van der Waals surface area contributed by atoms with Crippen molar-refractivity contribution in [1.82, 2.24) is 4.72 Å². The second-order valence-corrected chi connectivity index (χ2v) is 7.35. The highest BCUT2D eigenvalue weighted by molar-refractivity contribution is 7.90.